The van der Waals surface area contributed by atoms with Gasteiger partial charge in [-0.15, -0.1) is 0 Å². The van der Waals surface area contributed by atoms with Crippen LogP contribution >= 0.6 is 0 Å². The molecule has 1 saturated heterocycles. The maximum absolute atomic E-state index is 5.50. The number of nitrogens with zero attached hydrogens (tertiary/aromatic N) is 1. The third kappa shape index (κ3) is 4.73. The summed E-state index contributed by atoms with van der Waals surface area (Å²) in [6, 6.07) is 1.55. The van der Waals surface area contributed by atoms with Crippen LogP contribution in [0.4, 0.5) is 0 Å². The molecule has 0 spiro atoms. The lowest BCUT2D eigenvalue weighted by Gasteiger charge is -2.38. The van der Waals surface area contributed by atoms with Gasteiger partial charge in [0.25, 0.3) is 0 Å². The highest BCUT2D eigenvalue weighted by Gasteiger charge is 2.27. The molecule has 1 unspecified atom stereocenters. The molecule has 2 fully saturated rings. The summed E-state index contributed by atoms with van der Waals surface area (Å²) in [5.41, 5.74) is 0. The molecule has 1 N–H and O–H groups in total. The van der Waals surface area contributed by atoms with Crippen molar-refractivity contribution in [2.45, 2.75) is 76.5 Å². The second kappa shape index (κ2) is 8.23. The lowest BCUT2D eigenvalue weighted by molar-refractivity contribution is 0.0361. The highest BCUT2D eigenvalue weighted by Crippen LogP contribution is 2.25. The van der Waals surface area contributed by atoms with Crippen molar-refractivity contribution < 1.29 is 4.74 Å². The van der Waals surface area contributed by atoms with Crippen molar-refractivity contribution >= 4 is 0 Å². The van der Waals surface area contributed by atoms with Crippen LogP contribution in [0.1, 0.15) is 58.3 Å². The normalized spacial score (nSPS) is 32.1. The first-order chi connectivity index (χ1) is 9.33. The average Bonchev–Trinajstić information content (AvgIpc) is 2.96. The van der Waals surface area contributed by atoms with E-state index < -0.39 is 0 Å². The lowest BCUT2D eigenvalue weighted by Crippen LogP contribution is -2.45. The lowest BCUT2D eigenvalue weighted by atomic mass is 9.91. The van der Waals surface area contributed by atoms with Crippen LogP contribution < -0.4 is 5.32 Å². The quantitative estimate of drug-likeness (QED) is 0.768. The summed E-state index contributed by atoms with van der Waals surface area (Å²) in [7, 11) is 1.86. The fraction of sp³-hybridized carbons (Fsp3) is 1.00. The zero-order valence-electron chi connectivity index (χ0n) is 12.9. The Hall–Kier alpha value is -0.120. The number of unbranched alkanes of at least 4 members (excludes halogenated alkanes) is 1. The van der Waals surface area contributed by atoms with E-state index in [1.54, 1.807) is 0 Å². The molecule has 1 saturated carbocycles. The first-order valence-corrected chi connectivity index (χ1v) is 8.33. The van der Waals surface area contributed by atoms with Gasteiger partial charge >= 0.3 is 0 Å². The van der Waals surface area contributed by atoms with E-state index in [1.807, 2.05) is 7.11 Å². The number of methoxy groups -OCH3 is 1. The average molecular weight is 268 g/mol. The van der Waals surface area contributed by atoms with Gasteiger partial charge in [-0.25, -0.2) is 0 Å². The smallest absolute Gasteiger partial charge is 0.0572 e. The van der Waals surface area contributed by atoms with E-state index in [1.165, 1.54) is 71.0 Å². The second-order valence-corrected chi connectivity index (χ2v) is 6.31. The summed E-state index contributed by atoms with van der Waals surface area (Å²) < 4.78 is 5.50. The van der Waals surface area contributed by atoms with Crippen molar-refractivity contribution in [1.29, 1.82) is 0 Å². The number of hydrogen-bond acceptors (Lipinski definition) is 3. The van der Waals surface area contributed by atoms with Gasteiger partial charge in [0, 0.05) is 25.7 Å². The third-order valence-electron chi connectivity index (χ3n) is 4.91. The first-order valence-electron chi connectivity index (χ1n) is 8.33. The largest absolute Gasteiger partial charge is 0.381 e. The van der Waals surface area contributed by atoms with Crippen LogP contribution in [0.3, 0.4) is 0 Å². The number of hydrogen-bond donors (Lipinski definition) is 1. The first kappa shape index (κ1) is 15.3. The molecule has 19 heavy (non-hydrogen) atoms. The molecule has 2 aliphatic rings. The summed E-state index contributed by atoms with van der Waals surface area (Å²) in [6.07, 6.45) is 11.1. The Morgan fingerprint density at radius 2 is 1.95 bits per heavy atom. The zero-order chi connectivity index (χ0) is 13.5. The van der Waals surface area contributed by atoms with Crippen molar-refractivity contribution in [2.24, 2.45) is 0 Å². The van der Waals surface area contributed by atoms with Crippen molar-refractivity contribution in [2.75, 3.05) is 26.7 Å². The topological polar surface area (TPSA) is 24.5 Å². The molecular weight excluding hydrogens is 236 g/mol. The van der Waals surface area contributed by atoms with E-state index in [4.69, 9.17) is 4.74 Å². The molecule has 2 rings (SSSR count). The van der Waals surface area contributed by atoms with E-state index in [-0.39, 0.29) is 0 Å². The molecule has 1 heterocycles. The SMILES string of the molecule is CCCCN(CC1CCCN1)C1CCC(OC)CC1. The Labute approximate surface area is 119 Å². The molecule has 0 aromatic heterocycles. The Bertz CT molecular complexity index is 233. The Morgan fingerprint density at radius 3 is 2.53 bits per heavy atom. The molecule has 1 aliphatic carbocycles. The predicted molar refractivity (Wildman–Crippen MR) is 80.6 cm³/mol. The minimum absolute atomic E-state index is 0.522. The summed E-state index contributed by atoms with van der Waals surface area (Å²) in [4.78, 5) is 2.78. The van der Waals surface area contributed by atoms with Gasteiger partial charge in [-0.2, -0.15) is 0 Å². The number of rotatable bonds is 7. The van der Waals surface area contributed by atoms with Gasteiger partial charge in [0.15, 0.2) is 0 Å². The summed E-state index contributed by atoms with van der Waals surface area (Å²) in [5.74, 6) is 0. The Balaban J connectivity index is 1.81. The molecule has 3 nitrogen and oxygen atoms in total. The Kier molecular flexibility index (Phi) is 6.62. The van der Waals surface area contributed by atoms with Gasteiger partial charge in [-0.1, -0.05) is 13.3 Å². The van der Waals surface area contributed by atoms with Crippen LogP contribution in [0.5, 0.6) is 0 Å². The van der Waals surface area contributed by atoms with Gasteiger partial charge in [0.2, 0.25) is 0 Å². The van der Waals surface area contributed by atoms with E-state index in [0.29, 0.717) is 6.10 Å². The van der Waals surface area contributed by atoms with Crippen LogP contribution in [0.25, 0.3) is 0 Å². The third-order valence-corrected chi connectivity index (χ3v) is 4.91. The minimum Gasteiger partial charge on any atom is -0.381 e. The van der Waals surface area contributed by atoms with Crippen LogP contribution in [-0.4, -0.2) is 49.8 Å². The van der Waals surface area contributed by atoms with Crippen LogP contribution in [0, 0.1) is 0 Å². The van der Waals surface area contributed by atoms with Crippen LogP contribution in [0.15, 0.2) is 0 Å². The molecular formula is C16H32N2O. The molecule has 112 valence electrons. The van der Waals surface area contributed by atoms with Crippen molar-refractivity contribution in [1.82, 2.24) is 10.2 Å². The van der Waals surface area contributed by atoms with Crippen LogP contribution in [0.2, 0.25) is 0 Å². The van der Waals surface area contributed by atoms with E-state index in [9.17, 15) is 0 Å². The molecule has 0 bridgehead atoms. The standard InChI is InChI=1S/C16H32N2O/c1-3-4-12-18(13-14-6-5-11-17-14)15-7-9-16(19-2)10-8-15/h14-17H,3-13H2,1-2H3. The zero-order valence-corrected chi connectivity index (χ0v) is 12.9. The van der Waals surface area contributed by atoms with E-state index >= 15 is 0 Å². The minimum atomic E-state index is 0.522. The molecule has 3 heteroatoms. The number of ether oxygens (including phenoxy) is 1. The molecule has 0 amide bonds. The maximum atomic E-state index is 5.50. The molecule has 0 radical (unpaired) electrons. The van der Waals surface area contributed by atoms with Gasteiger partial charge in [0.1, 0.15) is 0 Å². The Morgan fingerprint density at radius 1 is 1.16 bits per heavy atom. The van der Waals surface area contributed by atoms with Crippen molar-refractivity contribution in [3.63, 3.8) is 0 Å². The molecule has 0 aromatic carbocycles. The second-order valence-electron chi connectivity index (χ2n) is 6.31. The maximum Gasteiger partial charge on any atom is 0.0572 e. The van der Waals surface area contributed by atoms with Crippen molar-refractivity contribution in [3.05, 3.63) is 0 Å². The monoisotopic (exact) mass is 268 g/mol. The summed E-state index contributed by atoms with van der Waals surface area (Å²) in [5, 5.41) is 3.66. The fourth-order valence-corrected chi connectivity index (χ4v) is 3.63. The van der Waals surface area contributed by atoms with E-state index in [2.05, 4.69) is 17.1 Å². The molecule has 1 atom stereocenters. The number of nitrogens with one attached hydrogen (secondary N) is 1. The van der Waals surface area contributed by atoms with Gasteiger partial charge < -0.3 is 10.1 Å². The van der Waals surface area contributed by atoms with Gasteiger partial charge in [-0.3, -0.25) is 4.90 Å². The molecule has 1 aliphatic heterocycles. The fourth-order valence-electron chi connectivity index (χ4n) is 3.63. The highest BCUT2D eigenvalue weighted by molar-refractivity contribution is 4.84. The van der Waals surface area contributed by atoms with Crippen molar-refractivity contribution in [3.8, 4) is 0 Å². The highest BCUT2D eigenvalue weighted by atomic mass is 16.5. The predicted octanol–water partition coefficient (Wildman–Crippen LogP) is 2.80. The van der Waals surface area contributed by atoms with Gasteiger partial charge in [0.05, 0.1) is 6.10 Å². The summed E-state index contributed by atoms with van der Waals surface area (Å²) >= 11 is 0. The summed E-state index contributed by atoms with van der Waals surface area (Å²) in [6.45, 7) is 6.08. The molecule has 0 aromatic rings. The van der Waals surface area contributed by atoms with Crippen LogP contribution in [-0.2, 0) is 4.74 Å². The van der Waals surface area contributed by atoms with E-state index in [0.717, 1.165) is 12.1 Å². The van der Waals surface area contributed by atoms with Gasteiger partial charge in [-0.05, 0) is 58.0 Å².